The minimum Gasteiger partial charge on any atom is -0.497 e. The Kier molecular flexibility index (Phi) is 7.21. The quantitative estimate of drug-likeness (QED) is 0.368. The monoisotopic (exact) mass is 461 g/mol. The summed E-state index contributed by atoms with van der Waals surface area (Å²) in [5.41, 5.74) is 2.31. The van der Waals surface area contributed by atoms with E-state index in [0.717, 1.165) is 17.0 Å². The molecule has 0 aliphatic rings. The summed E-state index contributed by atoms with van der Waals surface area (Å²) in [5, 5.41) is 12.2. The van der Waals surface area contributed by atoms with Gasteiger partial charge in [-0.1, -0.05) is 23.9 Å². The standard InChI is InChI=1S/C24H23N5O3S/c1-3-32-21-9-5-4-8-20(21)26-22(30)16-33-24-28-27-23(17-7-6-14-25-15-17)29(24)18-10-12-19(31-2)13-11-18/h4-15H,3,16H2,1-2H3,(H,26,30). The van der Waals surface area contributed by atoms with Gasteiger partial charge in [0.25, 0.3) is 0 Å². The molecule has 0 saturated heterocycles. The fourth-order valence-electron chi connectivity index (χ4n) is 3.18. The molecule has 2 heterocycles. The van der Waals surface area contributed by atoms with Crippen molar-refractivity contribution in [1.29, 1.82) is 0 Å². The van der Waals surface area contributed by atoms with E-state index in [-0.39, 0.29) is 11.7 Å². The normalized spacial score (nSPS) is 10.6. The zero-order valence-electron chi connectivity index (χ0n) is 18.3. The highest BCUT2D eigenvalue weighted by molar-refractivity contribution is 7.99. The fraction of sp³-hybridized carbons (Fsp3) is 0.167. The number of carbonyl (C=O) groups is 1. The van der Waals surface area contributed by atoms with Crippen LogP contribution in [-0.4, -0.2) is 45.1 Å². The summed E-state index contributed by atoms with van der Waals surface area (Å²) in [7, 11) is 1.62. The maximum Gasteiger partial charge on any atom is 0.234 e. The van der Waals surface area contributed by atoms with E-state index >= 15 is 0 Å². The van der Waals surface area contributed by atoms with E-state index in [1.54, 1.807) is 19.5 Å². The number of aromatic nitrogens is 4. The second-order valence-electron chi connectivity index (χ2n) is 6.85. The molecule has 2 aromatic carbocycles. The third-order valence-corrected chi connectivity index (χ3v) is 5.61. The van der Waals surface area contributed by atoms with Crippen LogP contribution in [0.25, 0.3) is 17.1 Å². The number of amides is 1. The minimum atomic E-state index is -0.167. The molecule has 9 heteroatoms. The van der Waals surface area contributed by atoms with Gasteiger partial charge in [-0.05, 0) is 55.5 Å². The van der Waals surface area contributed by atoms with Crippen LogP contribution in [0.15, 0.2) is 78.2 Å². The van der Waals surface area contributed by atoms with Gasteiger partial charge in [0, 0.05) is 23.6 Å². The van der Waals surface area contributed by atoms with E-state index in [1.165, 1.54) is 11.8 Å². The molecule has 0 atom stereocenters. The molecule has 4 aromatic rings. The average Bonchev–Trinajstić information content (AvgIpc) is 3.29. The maximum atomic E-state index is 12.7. The number of thioether (sulfide) groups is 1. The SMILES string of the molecule is CCOc1ccccc1NC(=O)CSc1nnc(-c2cccnc2)n1-c1ccc(OC)cc1. The topological polar surface area (TPSA) is 91.2 Å². The van der Waals surface area contributed by atoms with Crippen molar-refractivity contribution in [1.82, 2.24) is 19.7 Å². The van der Waals surface area contributed by atoms with Crippen molar-refractivity contribution in [3.8, 4) is 28.6 Å². The Morgan fingerprint density at radius 3 is 2.61 bits per heavy atom. The van der Waals surface area contributed by atoms with Crippen molar-refractivity contribution in [2.24, 2.45) is 0 Å². The molecule has 2 aromatic heterocycles. The van der Waals surface area contributed by atoms with Gasteiger partial charge in [-0.25, -0.2) is 0 Å². The molecule has 168 valence electrons. The number of nitrogens with zero attached hydrogens (tertiary/aromatic N) is 4. The van der Waals surface area contributed by atoms with Crippen molar-refractivity contribution in [3.05, 3.63) is 73.1 Å². The zero-order valence-corrected chi connectivity index (χ0v) is 19.1. The van der Waals surface area contributed by atoms with Gasteiger partial charge in [0.15, 0.2) is 11.0 Å². The Morgan fingerprint density at radius 1 is 1.06 bits per heavy atom. The van der Waals surface area contributed by atoms with Crippen LogP contribution < -0.4 is 14.8 Å². The van der Waals surface area contributed by atoms with Gasteiger partial charge in [0.05, 0.1) is 25.2 Å². The minimum absolute atomic E-state index is 0.155. The molecular formula is C24H23N5O3S. The van der Waals surface area contributed by atoms with Crippen LogP contribution in [0.2, 0.25) is 0 Å². The second-order valence-corrected chi connectivity index (χ2v) is 7.79. The molecule has 1 N–H and O–H groups in total. The molecule has 33 heavy (non-hydrogen) atoms. The number of nitrogens with one attached hydrogen (secondary N) is 1. The lowest BCUT2D eigenvalue weighted by Gasteiger charge is -2.12. The maximum absolute atomic E-state index is 12.7. The number of pyridine rings is 1. The molecule has 0 spiro atoms. The lowest BCUT2D eigenvalue weighted by atomic mass is 10.2. The molecule has 1 amide bonds. The summed E-state index contributed by atoms with van der Waals surface area (Å²) in [4.78, 5) is 16.9. The molecule has 0 saturated carbocycles. The molecule has 0 aliphatic heterocycles. The van der Waals surface area contributed by atoms with E-state index in [0.29, 0.717) is 29.0 Å². The largest absolute Gasteiger partial charge is 0.497 e. The lowest BCUT2D eigenvalue weighted by molar-refractivity contribution is -0.113. The van der Waals surface area contributed by atoms with Gasteiger partial charge >= 0.3 is 0 Å². The van der Waals surface area contributed by atoms with Crippen LogP contribution in [0.3, 0.4) is 0 Å². The molecule has 0 aliphatic carbocycles. The number of hydrogen-bond donors (Lipinski definition) is 1. The van der Waals surface area contributed by atoms with Crippen LogP contribution in [0.1, 0.15) is 6.92 Å². The van der Waals surface area contributed by atoms with Gasteiger partial charge in [-0.3, -0.25) is 14.3 Å². The van der Waals surface area contributed by atoms with Gasteiger partial charge in [-0.15, -0.1) is 10.2 Å². The second kappa shape index (κ2) is 10.6. The van der Waals surface area contributed by atoms with Gasteiger partial charge in [0.2, 0.25) is 5.91 Å². The van der Waals surface area contributed by atoms with E-state index in [1.807, 2.05) is 72.2 Å². The van der Waals surface area contributed by atoms with Crippen LogP contribution >= 0.6 is 11.8 Å². The molecule has 4 rings (SSSR count). The summed E-state index contributed by atoms with van der Waals surface area (Å²) in [6.07, 6.45) is 3.44. The van der Waals surface area contributed by atoms with Crippen LogP contribution in [-0.2, 0) is 4.79 Å². The van der Waals surface area contributed by atoms with E-state index in [9.17, 15) is 4.79 Å². The van der Waals surface area contributed by atoms with Crippen molar-refractivity contribution in [2.45, 2.75) is 12.1 Å². The van der Waals surface area contributed by atoms with Crippen LogP contribution in [0, 0.1) is 0 Å². The van der Waals surface area contributed by atoms with Crippen molar-refractivity contribution in [3.63, 3.8) is 0 Å². The van der Waals surface area contributed by atoms with Crippen molar-refractivity contribution >= 4 is 23.4 Å². The first-order valence-electron chi connectivity index (χ1n) is 10.3. The Bertz CT molecular complexity index is 1210. The Balaban J connectivity index is 1.57. The predicted molar refractivity (Wildman–Crippen MR) is 128 cm³/mol. The Morgan fingerprint density at radius 2 is 1.88 bits per heavy atom. The molecule has 0 radical (unpaired) electrons. The number of ether oxygens (including phenoxy) is 2. The summed E-state index contributed by atoms with van der Waals surface area (Å²) >= 11 is 1.30. The average molecular weight is 462 g/mol. The highest BCUT2D eigenvalue weighted by Gasteiger charge is 2.18. The van der Waals surface area contributed by atoms with E-state index in [4.69, 9.17) is 9.47 Å². The number of para-hydroxylation sites is 2. The highest BCUT2D eigenvalue weighted by atomic mass is 32.2. The Labute approximate surface area is 196 Å². The zero-order chi connectivity index (χ0) is 23.0. The summed E-state index contributed by atoms with van der Waals surface area (Å²) in [6.45, 7) is 2.42. The number of rotatable bonds is 9. The molecule has 8 nitrogen and oxygen atoms in total. The smallest absolute Gasteiger partial charge is 0.234 e. The third kappa shape index (κ3) is 5.32. The van der Waals surface area contributed by atoms with E-state index < -0.39 is 0 Å². The van der Waals surface area contributed by atoms with Gasteiger partial charge in [0.1, 0.15) is 11.5 Å². The van der Waals surface area contributed by atoms with Gasteiger partial charge < -0.3 is 14.8 Å². The van der Waals surface area contributed by atoms with Crippen molar-refractivity contribution in [2.75, 3.05) is 24.8 Å². The Hall–Kier alpha value is -3.85. The van der Waals surface area contributed by atoms with Crippen LogP contribution in [0.5, 0.6) is 11.5 Å². The molecular weight excluding hydrogens is 438 g/mol. The number of hydrogen-bond acceptors (Lipinski definition) is 7. The number of methoxy groups -OCH3 is 1. The first kappa shape index (κ1) is 22.3. The first-order chi connectivity index (χ1) is 16.2. The molecule has 0 bridgehead atoms. The third-order valence-electron chi connectivity index (χ3n) is 4.68. The number of carbonyl (C=O) groups excluding carboxylic acids is 1. The van der Waals surface area contributed by atoms with Crippen molar-refractivity contribution < 1.29 is 14.3 Å². The number of benzene rings is 2. The lowest BCUT2D eigenvalue weighted by Crippen LogP contribution is -2.15. The highest BCUT2D eigenvalue weighted by Crippen LogP contribution is 2.29. The van der Waals surface area contributed by atoms with Gasteiger partial charge in [-0.2, -0.15) is 0 Å². The predicted octanol–water partition coefficient (Wildman–Crippen LogP) is 4.47. The summed E-state index contributed by atoms with van der Waals surface area (Å²) < 4.78 is 12.8. The fourth-order valence-corrected chi connectivity index (χ4v) is 3.93. The van der Waals surface area contributed by atoms with E-state index in [2.05, 4.69) is 20.5 Å². The molecule has 0 fully saturated rings. The number of anilines is 1. The first-order valence-corrected chi connectivity index (χ1v) is 11.3. The molecule has 0 unspecified atom stereocenters. The summed E-state index contributed by atoms with van der Waals surface area (Å²) in [6, 6.07) is 18.7. The summed E-state index contributed by atoms with van der Waals surface area (Å²) in [5.74, 6) is 2.01. The van der Waals surface area contributed by atoms with Crippen LogP contribution in [0.4, 0.5) is 5.69 Å².